The summed E-state index contributed by atoms with van der Waals surface area (Å²) in [5.74, 6) is 0.919. The summed E-state index contributed by atoms with van der Waals surface area (Å²) in [5.41, 5.74) is 2.44. The summed E-state index contributed by atoms with van der Waals surface area (Å²) in [7, 11) is 0. The van der Waals surface area contributed by atoms with E-state index in [0.29, 0.717) is 12.6 Å². The molecule has 3 rings (SSSR count). The molecule has 0 fully saturated rings. The molecule has 0 spiro atoms. The van der Waals surface area contributed by atoms with E-state index >= 15 is 0 Å². The van der Waals surface area contributed by atoms with E-state index in [1.54, 1.807) is 11.3 Å². The van der Waals surface area contributed by atoms with Crippen LogP contribution in [0.1, 0.15) is 24.4 Å². The van der Waals surface area contributed by atoms with E-state index in [4.69, 9.17) is 9.72 Å². The van der Waals surface area contributed by atoms with E-state index in [-0.39, 0.29) is 0 Å². The lowest BCUT2D eigenvalue weighted by atomic mass is 10.1. The van der Waals surface area contributed by atoms with Crippen LogP contribution in [-0.2, 0) is 13.0 Å². The molecule has 1 atom stereocenters. The van der Waals surface area contributed by atoms with Gasteiger partial charge in [0.05, 0.1) is 12.3 Å². The molecule has 100 valence electrons. The minimum atomic E-state index is 0.530. The lowest BCUT2D eigenvalue weighted by Crippen LogP contribution is -2.32. The fourth-order valence-electron chi connectivity index (χ4n) is 2.29. The molecule has 1 unspecified atom stereocenters. The Bertz CT molecular complexity index is 562. The van der Waals surface area contributed by atoms with Crippen molar-refractivity contribution in [2.24, 2.45) is 0 Å². The van der Waals surface area contributed by atoms with E-state index in [2.05, 4.69) is 24.4 Å². The Kier molecular flexibility index (Phi) is 3.53. The van der Waals surface area contributed by atoms with E-state index in [9.17, 15) is 0 Å². The first kappa shape index (κ1) is 12.6. The fourth-order valence-corrected chi connectivity index (χ4v) is 3.34. The maximum atomic E-state index is 5.47. The van der Waals surface area contributed by atoms with Gasteiger partial charge in [0, 0.05) is 29.4 Å². The van der Waals surface area contributed by atoms with Crippen LogP contribution in [0.2, 0.25) is 0 Å². The number of aromatic nitrogens is 1. The highest BCUT2D eigenvalue weighted by Crippen LogP contribution is 2.31. The zero-order valence-corrected chi connectivity index (χ0v) is 12.1. The van der Waals surface area contributed by atoms with Gasteiger partial charge in [0.1, 0.15) is 10.8 Å². The predicted molar refractivity (Wildman–Crippen MR) is 78.7 cm³/mol. The van der Waals surface area contributed by atoms with Crippen LogP contribution in [-0.4, -0.2) is 17.6 Å². The van der Waals surface area contributed by atoms with E-state index < -0.39 is 0 Å². The average Bonchev–Trinajstić information content (AvgIpc) is 2.83. The van der Waals surface area contributed by atoms with Crippen molar-refractivity contribution in [2.45, 2.75) is 32.9 Å². The van der Waals surface area contributed by atoms with Crippen molar-refractivity contribution >= 4 is 11.3 Å². The molecule has 4 heteroatoms. The molecule has 0 radical (unpaired) electrons. The van der Waals surface area contributed by atoms with Crippen LogP contribution < -0.4 is 10.1 Å². The molecule has 1 aromatic carbocycles. The van der Waals surface area contributed by atoms with Gasteiger partial charge in [0.2, 0.25) is 0 Å². The minimum Gasteiger partial charge on any atom is -0.494 e. The fraction of sp³-hybridized carbons (Fsp3) is 0.400. The molecule has 0 amide bonds. The van der Waals surface area contributed by atoms with Gasteiger partial charge in [-0.05, 0) is 38.1 Å². The number of nitrogens with zero attached hydrogens (tertiary/aromatic N) is 1. The third-order valence-electron chi connectivity index (χ3n) is 3.30. The lowest BCUT2D eigenvalue weighted by Gasteiger charge is -2.18. The van der Waals surface area contributed by atoms with Gasteiger partial charge in [-0.2, -0.15) is 0 Å². The first-order chi connectivity index (χ1) is 9.26. The minimum absolute atomic E-state index is 0.530. The second-order valence-electron chi connectivity index (χ2n) is 4.83. The van der Waals surface area contributed by atoms with Crippen molar-refractivity contribution in [3.63, 3.8) is 0 Å². The first-order valence-corrected chi connectivity index (χ1v) is 7.53. The molecule has 0 aliphatic carbocycles. The summed E-state index contributed by atoms with van der Waals surface area (Å²) in [5, 5.41) is 4.59. The summed E-state index contributed by atoms with van der Waals surface area (Å²) in [6.45, 7) is 5.86. The Morgan fingerprint density at radius 1 is 1.37 bits per heavy atom. The van der Waals surface area contributed by atoms with Gasteiger partial charge in [-0.1, -0.05) is 0 Å². The zero-order chi connectivity index (χ0) is 13.2. The van der Waals surface area contributed by atoms with Gasteiger partial charge in [0.15, 0.2) is 0 Å². The maximum Gasteiger partial charge on any atom is 0.123 e. The highest BCUT2D eigenvalue weighted by Gasteiger charge is 2.19. The molecule has 1 aliphatic rings. The van der Waals surface area contributed by atoms with Crippen molar-refractivity contribution in [2.75, 3.05) is 6.61 Å². The van der Waals surface area contributed by atoms with Crippen molar-refractivity contribution in [1.29, 1.82) is 0 Å². The Morgan fingerprint density at radius 3 is 2.89 bits per heavy atom. The van der Waals surface area contributed by atoms with E-state index in [1.807, 2.05) is 19.1 Å². The van der Waals surface area contributed by atoms with Crippen LogP contribution in [0.5, 0.6) is 5.75 Å². The number of benzene rings is 1. The third-order valence-corrected chi connectivity index (χ3v) is 4.45. The highest BCUT2D eigenvalue weighted by molar-refractivity contribution is 7.15. The summed E-state index contributed by atoms with van der Waals surface area (Å²) < 4.78 is 5.47. The Balaban J connectivity index is 1.86. The molecule has 3 nitrogen and oxygen atoms in total. The molecule has 1 aliphatic heterocycles. The van der Waals surface area contributed by atoms with Gasteiger partial charge in [-0.25, -0.2) is 4.98 Å². The number of nitrogens with one attached hydrogen (secondary N) is 1. The van der Waals surface area contributed by atoms with Crippen LogP contribution in [0.15, 0.2) is 24.3 Å². The second-order valence-corrected chi connectivity index (χ2v) is 5.92. The van der Waals surface area contributed by atoms with Crippen LogP contribution in [0, 0.1) is 0 Å². The monoisotopic (exact) mass is 274 g/mol. The average molecular weight is 274 g/mol. The molecule has 1 N–H and O–H groups in total. The lowest BCUT2D eigenvalue weighted by molar-refractivity contribution is 0.340. The Labute approximate surface area is 117 Å². The number of hydrogen-bond acceptors (Lipinski definition) is 4. The van der Waals surface area contributed by atoms with Gasteiger partial charge >= 0.3 is 0 Å². The Hall–Kier alpha value is -1.39. The number of ether oxygens (including phenoxy) is 1. The van der Waals surface area contributed by atoms with Crippen LogP contribution in [0.4, 0.5) is 0 Å². The van der Waals surface area contributed by atoms with Crippen molar-refractivity contribution in [3.05, 3.63) is 34.8 Å². The van der Waals surface area contributed by atoms with Crippen LogP contribution >= 0.6 is 11.3 Å². The summed E-state index contributed by atoms with van der Waals surface area (Å²) in [4.78, 5) is 6.16. The third kappa shape index (κ3) is 2.65. The summed E-state index contributed by atoms with van der Waals surface area (Å²) in [6.07, 6.45) is 1.03. The molecule has 2 aromatic rings. The van der Waals surface area contributed by atoms with E-state index in [0.717, 1.165) is 23.7 Å². The second kappa shape index (κ2) is 5.31. The molecule has 0 saturated heterocycles. The largest absolute Gasteiger partial charge is 0.494 e. The van der Waals surface area contributed by atoms with Gasteiger partial charge in [0.25, 0.3) is 0 Å². The maximum absolute atomic E-state index is 5.47. The van der Waals surface area contributed by atoms with Gasteiger partial charge < -0.3 is 10.1 Å². The predicted octanol–water partition coefficient (Wildman–Crippen LogP) is 3.24. The molecule has 0 saturated carbocycles. The molecule has 19 heavy (non-hydrogen) atoms. The van der Waals surface area contributed by atoms with Crippen LogP contribution in [0.25, 0.3) is 10.6 Å². The normalized spacial score (nSPS) is 18.1. The number of hydrogen-bond donors (Lipinski definition) is 1. The quantitative estimate of drug-likeness (QED) is 0.933. The number of rotatable bonds is 3. The van der Waals surface area contributed by atoms with Gasteiger partial charge in [-0.3, -0.25) is 0 Å². The standard InChI is InChI=1S/C15H18N2OS/c1-3-18-12-6-4-11(5-7-12)15-17-13-8-10(2)16-9-14(13)19-15/h4-7,10,16H,3,8-9H2,1-2H3. The highest BCUT2D eigenvalue weighted by atomic mass is 32.1. The topological polar surface area (TPSA) is 34.1 Å². The van der Waals surface area contributed by atoms with Crippen molar-refractivity contribution in [3.8, 4) is 16.3 Å². The Morgan fingerprint density at radius 2 is 2.16 bits per heavy atom. The van der Waals surface area contributed by atoms with Crippen molar-refractivity contribution in [1.82, 2.24) is 10.3 Å². The van der Waals surface area contributed by atoms with Crippen molar-refractivity contribution < 1.29 is 4.74 Å². The number of fused-ring (bicyclic) bond motifs is 1. The zero-order valence-electron chi connectivity index (χ0n) is 11.3. The summed E-state index contributed by atoms with van der Waals surface area (Å²) in [6, 6.07) is 8.74. The van der Waals surface area contributed by atoms with Gasteiger partial charge in [-0.15, -0.1) is 11.3 Å². The van der Waals surface area contributed by atoms with Crippen LogP contribution in [0.3, 0.4) is 0 Å². The molecule has 0 bridgehead atoms. The smallest absolute Gasteiger partial charge is 0.123 e. The molecular formula is C15H18N2OS. The SMILES string of the molecule is CCOc1ccc(-c2nc3c(s2)CNC(C)C3)cc1. The summed E-state index contributed by atoms with van der Waals surface area (Å²) >= 11 is 1.80. The number of thiazole rings is 1. The molecule has 2 heterocycles. The molecular weight excluding hydrogens is 256 g/mol. The van der Waals surface area contributed by atoms with E-state index in [1.165, 1.54) is 16.1 Å². The first-order valence-electron chi connectivity index (χ1n) is 6.71. The molecule has 1 aromatic heterocycles.